The van der Waals surface area contributed by atoms with Gasteiger partial charge in [-0.1, -0.05) is 13.0 Å². The maximum Gasteiger partial charge on any atom is 0.256 e. The largest absolute Gasteiger partial charge is 0.497 e. The molecule has 1 heterocycles. The number of amides is 2. The van der Waals surface area contributed by atoms with Gasteiger partial charge < -0.3 is 15.8 Å². The first-order valence-electron chi connectivity index (χ1n) is 7.89. The molecular weight excluding hydrogens is 324 g/mol. The lowest BCUT2D eigenvalue weighted by molar-refractivity contribution is 0.1000. The van der Waals surface area contributed by atoms with Crippen molar-refractivity contribution in [3.05, 3.63) is 45.8 Å². The molecule has 0 fully saturated rings. The van der Waals surface area contributed by atoms with Crippen LogP contribution < -0.4 is 15.8 Å². The van der Waals surface area contributed by atoms with E-state index in [2.05, 4.69) is 12.2 Å². The van der Waals surface area contributed by atoms with Crippen molar-refractivity contribution in [1.82, 2.24) is 0 Å². The Kier molecular flexibility index (Phi) is 4.57. The minimum absolute atomic E-state index is 0.275. The molecule has 1 aliphatic carbocycles. The van der Waals surface area contributed by atoms with Crippen molar-refractivity contribution >= 4 is 28.2 Å². The predicted molar refractivity (Wildman–Crippen MR) is 95.0 cm³/mol. The number of nitrogens with one attached hydrogen (secondary N) is 1. The number of carbonyl (C=O) groups excluding carboxylic acids is 2. The highest BCUT2D eigenvalue weighted by atomic mass is 32.1. The molecule has 0 aliphatic heterocycles. The van der Waals surface area contributed by atoms with Crippen LogP contribution in [0.4, 0.5) is 5.00 Å². The zero-order chi connectivity index (χ0) is 17.3. The molecule has 1 aromatic carbocycles. The first kappa shape index (κ1) is 16.5. The Labute approximate surface area is 144 Å². The van der Waals surface area contributed by atoms with Crippen molar-refractivity contribution in [2.45, 2.75) is 26.2 Å². The Morgan fingerprint density at radius 1 is 1.38 bits per heavy atom. The number of thiophene rings is 1. The highest BCUT2D eigenvalue weighted by Crippen LogP contribution is 2.39. The molecule has 1 unspecified atom stereocenters. The van der Waals surface area contributed by atoms with E-state index in [1.165, 1.54) is 11.3 Å². The van der Waals surface area contributed by atoms with Gasteiger partial charge in [0.05, 0.1) is 12.7 Å². The van der Waals surface area contributed by atoms with Crippen molar-refractivity contribution in [1.29, 1.82) is 0 Å². The zero-order valence-corrected chi connectivity index (χ0v) is 14.5. The summed E-state index contributed by atoms with van der Waals surface area (Å²) in [5.41, 5.74) is 7.54. The van der Waals surface area contributed by atoms with E-state index in [4.69, 9.17) is 10.5 Å². The molecular formula is C18H20N2O3S. The fourth-order valence-electron chi connectivity index (χ4n) is 3.05. The van der Waals surface area contributed by atoms with Gasteiger partial charge in [-0.25, -0.2) is 0 Å². The molecule has 6 heteroatoms. The van der Waals surface area contributed by atoms with Gasteiger partial charge in [0.2, 0.25) is 0 Å². The summed E-state index contributed by atoms with van der Waals surface area (Å²) in [7, 11) is 1.55. The zero-order valence-electron chi connectivity index (χ0n) is 13.7. The van der Waals surface area contributed by atoms with Crippen LogP contribution in [0.25, 0.3) is 0 Å². The first-order valence-corrected chi connectivity index (χ1v) is 8.71. The molecule has 1 atom stereocenters. The third kappa shape index (κ3) is 3.14. The normalized spacial score (nSPS) is 16.3. The lowest BCUT2D eigenvalue weighted by Gasteiger charge is -2.18. The van der Waals surface area contributed by atoms with Crippen molar-refractivity contribution in [3.8, 4) is 5.75 Å². The summed E-state index contributed by atoms with van der Waals surface area (Å²) in [4.78, 5) is 25.6. The van der Waals surface area contributed by atoms with E-state index in [0.29, 0.717) is 27.8 Å². The second kappa shape index (κ2) is 6.65. The maximum atomic E-state index is 12.5. The minimum atomic E-state index is -0.484. The first-order chi connectivity index (χ1) is 11.5. The van der Waals surface area contributed by atoms with Crippen molar-refractivity contribution < 1.29 is 14.3 Å². The van der Waals surface area contributed by atoms with Crippen LogP contribution in [-0.4, -0.2) is 18.9 Å². The second-order valence-electron chi connectivity index (χ2n) is 6.11. The third-order valence-corrected chi connectivity index (χ3v) is 5.52. The van der Waals surface area contributed by atoms with Gasteiger partial charge in [0, 0.05) is 10.4 Å². The molecule has 2 amide bonds. The molecule has 0 saturated carbocycles. The molecule has 0 radical (unpaired) electrons. The van der Waals surface area contributed by atoms with Crippen LogP contribution in [0, 0.1) is 5.92 Å². The molecule has 3 rings (SSSR count). The Balaban J connectivity index is 1.92. The van der Waals surface area contributed by atoms with Gasteiger partial charge in [0.15, 0.2) is 0 Å². The molecule has 1 aliphatic rings. The summed E-state index contributed by atoms with van der Waals surface area (Å²) in [5.74, 6) is 0.370. The van der Waals surface area contributed by atoms with Gasteiger partial charge in [-0.3, -0.25) is 9.59 Å². The lowest BCUT2D eigenvalue weighted by atomic mass is 9.87. The number of primary amides is 1. The van der Waals surface area contributed by atoms with Crippen LogP contribution in [-0.2, 0) is 12.8 Å². The van der Waals surface area contributed by atoms with E-state index < -0.39 is 5.91 Å². The van der Waals surface area contributed by atoms with E-state index in [1.54, 1.807) is 31.4 Å². The van der Waals surface area contributed by atoms with E-state index in [1.807, 2.05) is 0 Å². The van der Waals surface area contributed by atoms with E-state index in [0.717, 1.165) is 29.7 Å². The molecule has 2 aromatic rings. The van der Waals surface area contributed by atoms with Crippen LogP contribution >= 0.6 is 11.3 Å². The number of nitrogens with two attached hydrogens (primary N) is 1. The standard InChI is InChI=1S/C18H20N2O3S/c1-10-6-7-14-13(8-10)15(16(19)21)18(24-14)20-17(22)11-4-3-5-12(9-11)23-2/h3-5,9-10H,6-8H2,1-2H3,(H2,19,21)(H,20,22). The summed E-state index contributed by atoms with van der Waals surface area (Å²) in [5, 5.41) is 3.41. The Morgan fingerprint density at radius 3 is 2.88 bits per heavy atom. The quantitative estimate of drug-likeness (QED) is 0.893. The maximum absolute atomic E-state index is 12.5. The van der Waals surface area contributed by atoms with Gasteiger partial charge in [0.25, 0.3) is 11.8 Å². The number of anilines is 1. The van der Waals surface area contributed by atoms with Crippen molar-refractivity contribution in [2.24, 2.45) is 11.7 Å². The number of ether oxygens (including phenoxy) is 1. The van der Waals surface area contributed by atoms with Gasteiger partial charge in [-0.15, -0.1) is 11.3 Å². The average Bonchev–Trinajstić information content (AvgIpc) is 2.91. The van der Waals surface area contributed by atoms with Gasteiger partial charge in [0.1, 0.15) is 10.8 Å². The second-order valence-corrected chi connectivity index (χ2v) is 7.21. The number of benzene rings is 1. The summed E-state index contributed by atoms with van der Waals surface area (Å²) >= 11 is 1.46. The van der Waals surface area contributed by atoms with Crippen LogP contribution in [0.15, 0.2) is 24.3 Å². The highest BCUT2D eigenvalue weighted by molar-refractivity contribution is 7.17. The Morgan fingerprint density at radius 2 is 2.17 bits per heavy atom. The van der Waals surface area contributed by atoms with Crippen LogP contribution in [0.1, 0.15) is 44.5 Å². The molecule has 0 spiro atoms. The topological polar surface area (TPSA) is 81.4 Å². The Hall–Kier alpha value is -2.34. The fourth-order valence-corrected chi connectivity index (χ4v) is 4.29. The summed E-state index contributed by atoms with van der Waals surface area (Å²) < 4.78 is 5.14. The minimum Gasteiger partial charge on any atom is -0.497 e. The fraction of sp³-hybridized carbons (Fsp3) is 0.333. The molecule has 5 nitrogen and oxygen atoms in total. The molecule has 126 valence electrons. The molecule has 3 N–H and O–H groups in total. The SMILES string of the molecule is COc1cccc(C(=O)Nc2sc3c(c2C(N)=O)CC(C)CC3)c1. The third-order valence-electron chi connectivity index (χ3n) is 4.31. The average molecular weight is 344 g/mol. The lowest BCUT2D eigenvalue weighted by Crippen LogP contribution is -2.19. The molecule has 24 heavy (non-hydrogen) atoms. The van der Waals surface area contributed by atoms with Crippen molar-refractivity contribution in [3.63, 3.8) is 0 Å². The number of carbonyl (C=O) groups is 2. The van der Waals surface area contributed by atoms with E-state index >= 15 is 0 Å². The van der Waals surface area contributed by atoms with Crippen LogP contribution in [0.2, 0.25) is 0 Å². The number of methoxy groups -OCH3 is 1. The molecule has 1 aromatic heterocycles. The van der Waals surface area contributed by atoms with E-state index in [9.17, 15) is 9.59 Å². The smallest absolute Gasteiger partial charge is 0.256 e. The summed E-state index contributed by atoms with van der Waals surface area (Å²) in [6.45, 7) is 2.17. The van der Waals surface area contributed by atoms with Gasteiger partial charge >= 0.3 is 0 Å². The number of aryl methyl sites for hydroxylation is 1. The van der Waals surface area contributed by atoms with Gasteiger partial charge in [-0.2, -0.15) is 0 Å². The number of rotatable bonds is 4. The van der Waals surface area contributed by atoms with Crippen LogP contribution in [0.3, 0.4) is 0 Å². The Bertz CT molecular complexity index is 798. The van der Waals surface area contributed by atoms with Crippen LogP contribution in [0.5, 0.6) is 5.75 Å². The molecule has 0 bridgehead atoms. The number of hydrogen-bond acceptors (Lipinski definition) is 4. The molecule has 0 saturated heterocycles. The summed E-state index contributed by atoms with van der Waals surface area (Å²) in [6, 6.07) is 6.90. The predicted octanol–water partition coefficient (Wildman–Crippen LogP) is 3.23. The number of fused-ring (bicyclic) bond motifs is 1. The summed E-state index contributed by atoms with van der Waals surface area (Å²) in [6.07, 6.45) is 2.85. The van der Waals surface area contributed by atoms with Crippen molar-refractivity contribution in [2.75, 3.05) is 12.4 Å². The highest BCUT2D eigenvalue weighted by Gasteiger charge is 2.27. The monoisotopic (exact) mass is 344 g/mol. The number of hydrogen-bond donors (Lipinski definition) is 2. The van der Waals surface area contributed by atoms with E-state index in [-0.39, 0.29) is 5.91 Å². The van der Waals surface area contributed by atoms with Gasteiger partial charge in [-0.05, 0) is 48.9 Å².